The molecular weight excluding hydrogens is 290 g/mol. The molecule has 2 atom stereocenters. The van der Waals surface area contributed by atoms with Gasteiger partial charge in [-0.05, 0) is 37.5 Å². The zero-order chi connectivity index (χ0) is 15.0. The molecule has 1 heterocycles. The number of halogens is 1. The van der Waals surface area contributed by atoms with Crippen molar-refractivity contribution < 1.29 is 14.6 Å². The number of carbonyl (C=O) groups excluding carboxylic acids is 1. The molecule has 0 radical (unpaired) electrons. The molecule has 1 amide bonds. The number of morpholine rings is 1. The van der Waals surface area contributed by atoms with E-state index in [1.54, 1.807) is 0 Å². The van der Waals surface area contributed by atoms with Gasteiger partial charge in [0.1, 0.15) is 0 Å². The second-order valence-corrected chi connectivity index (χ2v) is 6.47. The van der Waals surface area contributed by atoms with Gasteiger partial charge in [-0.2, -0.15) is 0 Å². The molecule has 2 unspecified atom stereocenters. The molecule has 21 heavy (non-hydrogen) atoms. The minimum atomic E-state index is -0.393. The molecule has 1 aliphatic carbocycles. The van der Waals surface area contributed by atoms with Gasteiger partial charge in [-0.3, -0.25) is 4.79 Å². The Kier molecular flexibility index (Phi) is 3.95. The number of aliphatic hydroxyl groups excluding tert-OH is 1. The summed E-state index contributed by atoms with van der Waals surface area (Å²) in [6.07, 6.45) is 1.48. The van der Waals surface area contributed by atoms with Crippen LogP contribution in [0.25, 0.3) is 0 Å². The van der Waals surface area contributed by atoms with Gasteiger partial charge in [-0.25, -0.2) is 0 Å². The van der Waals surface area contributed by atoms with Crippen LogP contribution in [0.5, 0.6) is 0 Å². The molecule has 1 N–H and O–H groups in total. The number of hydrogen-bond acceptors (Lipinski definition) is 3. The van der Waals surface area contributed by atoms with Crippen LogP contribution in [-0.4, -0.2) is 47.8 Å². The molecule has 3 rings (SSSR count). The van der Waals surface area contributed by atoms with Crippen LogP contribution in [0.3, 0.4) is 0 Å². The zero-order valence-corrected chi connectivity index (χ0v) is 12.8. The van der Waals surface area contributed by atoms with Crippen LogP contribution in [0, 0.1) is 0 Å². The Labute approximate surface area is 129 Å². The molecule has 2 aliphatic rings. The van der Waals surface area contributed by atoms with E-state index in [2.05, 4.69) is 0 Å². The fraction of sp³-hybridized carbons (Fsp3) is 0.562. The maximum absolute atomic E-state index is 13.0. The fourth-order valence-electron chi connectivity index (χ4n) is 3.01. The van der Waals surface area contributed by atoms with Gasteiger partial charge >= 0.3 is 0 Å². The summed E-state index contributed by atoms with van der Waals surface area (Å²) in [5, 5.41) is 9.95. The van der Waals surface area contributed by atoms with E-state index >= 15 is 0 Å². The normalized spacial score (nSPS) is 27.5. The lowest BCUT2D eigenvalue weighted by atomic mass is 9.93. The lowest BCUT2D eigenvalue weighted by molar-refractivity contribution is -0.148. The van der Waals surface area contributed by atoms with Gasteiger partial charge in [0, 0.05) is 11.6 Å². The van der Waals surface area contributed by atoms with E-state index in [-0.39, 0.29) is 24.7 Å². The summed E-state index contributed by atoms with van der Waals surface area (Å²) in [5.41, 5.74) is 0.645. The van der Waals surface area contributed by atoms with E-state index in [1.165, 1.54) is 0 Å². The molecule has 1 aromatic carbocycles. The predicted octanol–water partition coefficient (Wildman–Crippen LogP) is 1.98. The molecule has 2 fully saturated rings. The van der Waals surface area contributed by atoms with Crippen molar-refractivity contribution in [1.82, 2.24) is 4.90 Å². The zero-order valence-electron chi connectivity index (χ0n) is 12.1. The van der Waals surface area contributed by atoms with Crippen LogP contribution in [0.15, 0.2) is 24.3 Å². The minimum Gasteiger partial charge on any atom is -0.394 e. The standard InChI is InChI=1S/C16H20ClNO3/c1-11-10-21-14(9-19)8-18(11)15(20)16(6-7-16)12-2-4-13(17)5-3-12/h2-5,11,14,19H,6-10H2,1H3. The van der Waals surface area contributed by atoms with E-state index in [1.807, 2.05) is 36.1 Å². The van der Waals surface area contributed by atoms with Gasteiger partial charge in [0.05, 0.1) is 30.8 Å². The minimum absolute atomic E-state index is 0.0464. The van der Waals surface area contributed by atoms with E-state index in [0.29, 0.717) is 18.2 Å². The molecule has 1 saturated heterocycles. The molecule has 0 spiro atoms. The summed E-state index contributed by atoms with van der Waals surface area (Å²) in [5.74, 6) is 0.152. The fourth-order valence-corrected chi connectivity index (χ4v) is 3.13. The van der Waals surface area contributed by atoms with Gasteiger partial charge in [-0.1, -0.05) is 23.7 Å². The Hall–Kier alpha value is -1.10. The molecule has 4 nitrogen and oxygen atoms in total. The highest BCUT2D eigenvalue weighted by Gasteiger charge is 2.54. The Morgan fingerprint density at radius 1 is 1.43 bits per heavy atom. The quantitative estimate of drug-likeness (QED) is 0.929. The Morgan fingerprint density at radius 3 is 2.67 bits per heavy atom. The summed E-state index contributed by atoms with van der Waals surface area (Å²) < 4.78 is 5.51. The third-order valence-corrected chi connectivity index (χ3v) is 4.78. The monoisotopic (exact) mass is 309 g/mol. The van der Waals surface area contributed by atoms with Crippen LogP contribution in [-0.2, 0) is 14.9 Å². The largest absolute Gasteiger partial charge is 0.394 e. The molecule has 114 valence electrons. The first-order chi connectivity index (χ1) is 10.1. The highest BCUT2D eigenvalue weighted by atomic mass is 35.5. The SMILES string of the molecule is CC1COC(CO)CN1C(=O)C1(c2ccc(Cl)cc2)CC1. The first kappa shape index (κ1) is 14.8. The number of aliphatic hydroxyl groups is 1. The van der Waals surface area contributed by atoms with Crippen LogP contribution in [0.1, 0.15) is 25.3 Å². The van der Waals surface area contributed by atoms with Gasteiger partial charge in [-0.15, -0.1) is 0 Å². The van der Waals surface area contributed by atoms with Gasteiger partial charge in [0.2, 0.25) is 5.91 Å². The van der Waals surface area contributed by atoms with Crippen molar-refractivity contribution in [2.24, 2.45) is 0 Å². The van der Waals surface area contributed by atoms with Crippen molar-refractivity contribution in [3.63, 3.8) is 0 Å². The molecule has 0 aromatic heterocycles. The van der Waals surface area contributed by atoms with E-state index in [0.717, 1.165) is 18.4 Å². The van der Waals surface area contributed by atoms with Crippen molar-refractivity contribution >= 4 is 17.5 Å². The van der Waals surface area contributed by atoms with E-state index in [4.69, 9.17) is 16.3 Å². The van der Waals surface area contributed by atoms with Crippen LogP contribution in [0.4, 0.5) is 0 Å². The maximum Gasteiger partial charge on any atom is 0.233 e. The van der Waals surface area contributed by atoms with Gasteiger partial charge < -0.3 is 14.7 Å². The lowest BCUT2D eigenvalue weighted by Crippen LogP contribution is -2.54. The van der Waals surface area contributed by atoms with Crippen molar-refractivity contribution in [3.8, 4) is 0 Å². The Morgan fingerprint density at radius 2 is 2.10 bits per heavy atom. The second-order valence-electron chi connectivity index (χ2n) is 6.03. The Balaban J connectivity index is 1.82. The lowest BCUT2D eigenvalue weighted by Gasteiger charge is -2.39. The summed E-state index contributed by atoms with van der Waals surface area (Å²) >= 11 is 5.93. The van der Waals surface area contributed by atoms with Crippen LogP contribution in [0.2, 0.25) is 5.02 Å². The second kappa shape index (κ2) is 5.59. The third-order valence-electron chi connectivity index (χ3n) is 4.53. The number of carbonyl (C=O) groups is 1. The first-order valence-electron chi connectivity index (χ1n) is 7.36. The van der Waals surface area contributed by atoms with Gasteiger partial charge in [0.15, 0.2) is 0 Å². The van der Waals surface area contributed by atoms with Gasteiger partial charge in [0.25, 0.3) is 0 Å². The van der Waals surface area contributed by atoms with E-state index in [9.17, 15) is 9.90 Å². The smallest absolute Gasteiger partial charge is 0.233 e. The molecule has 1 aliphatic heterocycles. The number of rotatable bonds is 3. The van der Waals surface area contributed by atoms with Crippen molar-refractivity contribution in [3.05, 3.63) is 34.9 Å². The predicted molar refractivity (Wildman–Crippen MR) is 80.4 cm³/mol. The number of hydrogen-bond donors (Lipinski definition) is 1. The summed E-state index contributed by atoms with van der Waals surface area (Å²) in [6, 6.07) is 7.61. The van der Waals surface area contributed by atoms with Crippen molar-refractivity contribution in [2.45, 2.75) is 37.3 Å². The van der Waals surface area contributed by atoms with Crippen LogP contribution >= 0.6 is 11.6 Å². The number of ether oxygens (including phenoxy) is 1. The van der Waals surface area contributed by atoms with Crippen molar-refractivity contribution in [2.75, 3.05) is 19.8 Å². The Bertz CT molecular complexity index is 527. The third kappa shape index (κ3) is 2.68. The van der Waals surface area contributed by atoms with E-state index < -0.39 is 5.41 Å². The average Bonchev–Trinajstić information content (AvgIpc) is 3.29. The van der Waals surface area contributed by atoms with Crippen molar-refractivity contribution in [1.29, 1.82) is 0 Å². The molecule has 1 aromatic rings. The topological polar surface area (TPSA) is 49.8 Å². The first-order valence-corrected chi connectivity index (χ1v) is 7.74. The maximum atomic E-state index is 13.0. The molecule has 5 heteroatoms. The summed E-state index contributed by atoms with van der Waals surface area (Å²) in [4.78, 5) is 14.9. The number of benzene rings is 1. The summed E-state index contributed by atoms with van der Waals surface area (Å²) in [7, 11) is 0. The molecule has 0 bridgehead atoms. The molecular formula is C16H20ClNO3. The highest BCUT2D eigenvalue weighted by molar-refractivity contribution is 6.30. The number of nitrogens with zero attached hydrogens (tertiary/aromatic N) is 1. The highest BCUT2D eigenvalue weighted by Crippen LogP contribution is 2.50. The molecule has 1 saturated carbocycles. The summed E-state index contributed by atoms with van der Waals surface area (Å²) in [6.45, 7) is 2.88. The van der Waals surface area contributed by atoms with Crippen LogP contribution < -0.4 is 0 Å². The average molecular weight is 310 g/mol. The number of amides is 1.